The van der Waals surface area contributed by atoms with Crippen LogP contribution in [0, 0.1) is 50.7 Å². The van der Waals surface area contributed by atoms with Crippen LogP contribution in [-0.4, -0.2) is 46.6 Å². The minimum Gasteiger partial charge on any atom is -0.393 e. The first-order valence-corrected chi connectivity index (χ1v) is 15.2. The molecule has 0 aromatic rings. The van der Waals surface area contributed by atoms with E-state index in [-0.39, 0.29) is 34.4 Å². The molecule has 3 N–H and O–H groups in total. The van der Waals surface area contributed by atoms with Gasteiger partial charge in [0.25, 0.3) is 0 Å². The summed E-state index contributed by atoms with van der Waals surface area (Å²) in [6.07, 6.45) is 10.9. The van der Waals surface area contributed by atoms with Crippen molar-refractivity contribution in [2.75, 3.05) is 0 Å². The van der Waals surface area contributed by atoms with Crippen molar-refractivity contribution in [2.45, 2.75) is 136 Å². The Morgan fingerprint density at radius 1 is 0.917 bits per heavy atom. The lowest BCUT2D eigenvalue weighted by atomic mass is 9.41. The number of amides is 1. The fraction of sp³-hybridized carbons (Fsp3) is 0.968. The van der Waals surface area contributed by atoms with Crippen LogP contribution in [-0.2, 0) is 9.53 Å². The fourth-order valence-corrected chi connectivity index (χ4v) is 12.3. The van der Waals surface area contributed by atoms with Crippen LogP contribution in [0.1, 0.15) is 105 Å². The number of carbonyl (C=O) groups excluding carboxylic acids is 1. The van der Waals surface area contributed by atoms with Gasteiger partial charge in [0.2, 0.25) is 5.91 Å². The third kappa shape index (κ3) is 2.62. The molecule has 1 amide bonds. The number of hydrogen-bond donors (Lipinski definition) is 3. The molecule has 0 radical (unpaired) electrons. The van der Waals surface area contributed by atoms with Crippen LogP contribution >= 0.6 is 0 Å². The van der Waals surface area contributed by atoms with Crippen LogP contribution in [0.2, 0.25) is 0 Å². The van der Waals surface area contributed by atoms with Gasteiger partial charge in [-0.2, -0.15) is 0 Å². The summed E-state index contributed by atoms with van der Waals surface area (Å²) in [6, 6.07) is 0.319. The first-order chi connectivity index (χ1) is 16.9. The zero-order valence-electron chi connectivity index (χ0n) is 23.2. The van der Waals surface area contributed by atoms with Crippen molar-refractivity contribution in [1.82, 2.24) is 5.32 Å². The Morgan fingerprint density at radius 2 is 1.61 bits per heavy atom. The second kappa shape index (κ2) is 7.30. The molecule has 6 aliphatic carbocycles. The fourth-order valence-electron chi connectivity index (χ4n) is 12.3. The normalized spacial score (nSPS) is 58.9. The first kappa shape index (κ1) is 24.4. The molecule has 7 aliphatic rings. The van der Waals surface area contributed by atoms with Crippen molar-refractivity contribution in [1.29, 1.82) is 0 Å². The molecule has 6 saturated carbocycles. The molecule has 0 bridgehead atoms. The highest BCUT2D eigenvalue weighted by Gasteiger charge is 2.84. The van der Waals surface area contributed by atoms with E-state index in [0.29, 0.717) is 40.5 Å². The number of nitrogens with one attached hydrogen (secondary N) is 1. The second-order valence-electron chi connectivity index (χ2n) is 15.7. The van der Waals surface area contributed by atoms with Gasteiger partial charge in [-0.1, -0.05) is 34.6 Å². The quantitative estimate of drug-likeness (QED) is 0.509. The van der Waals surface area contributed by atoms with E-state index in [9.17, 15) is 15.0 Å². The summed E-state index contributed by atoms with van der Waals surface area (Å²) < 4.78 is 6.63. The van der Waals surface area contributed by atoms with E-state index in [4.69, 9.17) is 4.74 Å². The highest BCUT2D eigenvalue weighted by molar-refractivity contribution is 5.81. The molecule has 5 heteroatoms. The monoisotopic (exact) mass is 499 g/mol. The maximum absolute atomic E-state index is 13.1. The molecule has 0 aromatic carbocycles. The number of fused-ring (bicyclic) bond motifs is 4. The van der Waals surface area contributed by atoms with Crippen LogP contribution in [0.25, 0.3) is 0 Å². The molecular weight excluding hydrogens is 450 g/mol. The second-order valence-corrected chi connectivity index (χ2v) is 15.7. The largest absolute Gasteiger partial charge is 0.393 e. The Bertz CT molecular complexity index is 962. The molecule has 1 saturated heterocycles. The lowest BCUT2D eigenvalue weighted by molar-refractivity contribution is -0.182. The van der Waals surface area contributed by atoms with E-state index >= 15 is 0 Å². The van der Waals surface area contributed by atoms with Gasteiger partial charge in [0.15, 0.2) is 0 Å². The van der Waals surface area contributed by atoms with Gasteiger partial charge >= 0.3 is 0 Å². The van der Waals surface area contributed by atoms with Crippen LogP contribution in [0.3, 0.4) is 0 Å². The van der Waals surface area contributed by atoms with Crippen LogP contribution < -0.4 is 5.32 Å². The van der Waals surface area contributed by atoms with Gasteiger partial charge in [0.1, 0.15) is 6.10 Å². The topological polar surface area (TPSA) is 78.8 Å². The van der Waals surface area contributed by atoms with Crippen molar-refractivity contribution in [2.24, 2.45) is 50.7 Å². The highest BCUT2D eigenvalue weighted by atomic mass is 16.5. The SMILES string of the molecule is C[C@@H]1CC(C(=O)NC2CCC2)OC2[C@H]1[C@@]1(C)CC[C@@]34C[C@@]35CC[C@H](O)C(C)(C)[C@@H]5CCC4[C@]1(C)[C@H]2O. The lowest BCUT2D eigenvalue weighted by Crippen LogP contribution is -2.59. The molecule has 12 atom stereocenters. The van der Waals surface area contributed by atoms with Crippen LogP contribution in [0.5, 0.6) is 0 Å². The molecule has 202 valence electrons. The Hall–Kier alpha value is -0.650. The molecule has 1 heterocycles. The number of aliphatic hydroxyl groups excluding tert-OH is 2. The van der Waals surface area contributed by atoms with Crippen molar-refractivity contribution in [3.05, 3.63) is 0 Å². The first-order valence-electron chi connectivity index (χ1n) is 15.2. The van der Waals surface area contributed by atoms with Crippen molar-refractivity contribution in [3.8, 4) is 0 Å². The predicted octanol–water partition coefficient (Wildman–Crippen LogP) is 4.83. The Morgan fingerprint density at radius 3 is 2.31 bits per heavy atom. The summed E-state index contributed by atoms with van der Waals surface area (Å²) in [4.78, 5) is 13.1. The third-order valence-corrected chi connectivity index (χ3v) is 14.5. The summed E-state index contributed by atoms with van der Waals surface area (Å²) in [7, 11) is 0. The summed E-state index contributed by atoms with van der Waals surface area (Å²) in [6.45, 7) is 11.8. The predicted molar refractivity (Wildman–Crippen MR) is 138 cm³/mol. The number of carbonyl (C=O) groups is 1. The Labute approximate surface area is 217 Å². The maximum atomic E-state index is 13.1. The Kier molecular flexibility index (Phi) is 4.95. The van der Waals surface area contributed by atoms with E-state index in [0.717, 1.165) is 44.9 Å². The molecular formula is C31H49NO4. The van der Waals surface area contributed by atoms with E-state index in [1.54, 1.807) is 0 Å². The number of hydrogen-bond acceptors (Lipinski definition) is 4. The summed E-state index contributed by atoms with van der Waals surface area (Å²) in [5, 5.41) is 26.3. The van der Waals surface area contributed by atoms with E-state index < -0.39 is 12.2 Å². The molecule has 0 aromatic heterocycles. The average Bonchev–Trinajstić information content (AvgIpc) is 3.44. The van der Waals surface area contributed by atoms with Crippen molar-refractivity contribution in [3.63, 3.8) is 0 Å². The number of rotatable bonds is 2. The summed E-state index contributed by atoms with van der Waals surface area (Å²) in [5.74, 6) is 1.81. The van der Waals surface area contributed by atoms with Gasteiger partial charge < -0.3 is 20.3 Å². The molecule has 1 aliphatic heterocycles. The molecule has 3 unspecified atom stereocenters. The third-order valence-electron chi connectivity index (χ3n) is 14.5. The number of aliphatic hydroxyl groups is 2. The van der Waals surface area contributed by atoms with Gasteiger partial charge in [-0.3, -0.25) is 4.79 Å². The average molecular weight is 500 g/mol. The smallest absolute Gasteiger partial charge is 0.249 e. The van der Waals surface area contributed by atoms with Crippen LogP contribution in [0.4, 0.5) is 0 Å². The van der Waals surface area contributed by atoms with Gasteiger partial charge in [-0.25, -0.2) is 0 Å². The summed E-state index contributed by atoms with van der Waals surface area (Å²) in [5.41, 5.74) is 0.495. The van der Waals surface area contributed by atoms with Gasteiger partial charge in [-0.15, -0.1) is 0 Å². The molecule has 2 spiro atoms. The summed E-state index contributed by atoms with van der Waals surface area (Å²) >= 11 is 0. The van der Waals surface area contributed by atoms with E-state index in [1.807, 2.05) is 0 Å². The Balaban J connectivity index is 1.20. The van der Waals surface area contributed by atoms with E-state index in [1.165, 1.54) is 25.7 Å². The lowest BCUT2D eigenvalue weighted by Gasteiger charge is -2.63. The maximum Gasteiger partial charge on any atom is 0.249 e. The molecule has 7 rings (SSSR count). The van der Waals surface area contributed by atoms with Crippen molar-refractivity contribution < 1.29 is 19.7 Å². The van der Waals surface area contributed by atoms with Gasteiger partial charge in [0, 0.05) is 11.5 Å². The minimum atomic E-state index is -0.521. The zero-order chi connectivity index (χ0) is 25.5. The molecule has 7 fully saturated rings. The molecule has 36 heavy (non-hydrogen) atoms. The number of ether oxygens (including phenoxy) is 1. The van der Waals surface area contributed by atoms with E-state index in [2.05, 4.69) is 39.9 Å². The van der Waals surface area contributed by atoms with Gasteiger partial charge in [0.05, 0.1) is 18.3 Å². The minimum absolute atomic E-state index is 0.0186. The van der Waals surface area contributed by atoms with Crippen LogP contribution in [0.15, 0.2) is 0 Å². The zero-order valence-corrected chi connectivity index (χ0v) is 23.2. The molecule has 5 nitrogen and oxygen atoms in total. The van der Waals surface area contributed by atoms with Gasteiger partial charge in [-0.05, 0) is 116 Å². The standard InChI is InChI=1S/C31H49NO4/c1-17-15-19(26(35)32-18-7-6-8-18)36-24-23(17)28(4)13-14-31-16-30(31)12-11-22(33)27(2,3)20(30)9-10-21(31)29(28,5)25(24)34/h17-25,33-34H,6-16H2,1-5H3,(H,32,35)/t17-,19?,20+,21?,22+,23+,24?,25+,28-,29-,30-,31+/m1/s1. The highest BCUT2D eigenvalue weighted by Crippen LogP contribution is 2.89. The van der Waals surface area contributed by atoms with Crippen molar-refractivity contribution >= 4 is 5.91 Å².